The molecule has 1 N–H and O–H groups in total. The Balaban J connectivity index is 1.54. The molecule has 4 heteroatoms. The number of hydrogen-bond acceptors (Lipinski definition) is 2. The normalized spacial score (nSPS) is 26.8. The highest BCUT2D eigenvalue weighted by atomic mass is 35.5. The Morgan fingerprint density at radius 1 is 1.27 bits per heavy atom. The fourth-order valence-electron chi connectivity index (χ4n) is 3.35. The number of carbonyl (C=O) groups is 1. The summed E-state index contributed by atoms with van der Waals surface area (Å²) in [6.45, 7) is 6.22. The van der Waals surface area contributed by atoms with Crippen LogP contribution in [-0.2, 0) is 4.79 Å². The molecule has 3 rings (SSSR count). The minimum atomic E-state index is 0.301. The van der Waals surface area contributed by atoms with E-state index in [9.17, 15) is 4.79 Å². The molecule has 0 radical (unpaired) electrons. The van der Waals surface area contributed by atoms with Gasteiger partial charge in [0.25, 0.3) is 0 Å². The van der Waals surface area contributed by atoms with Crippen LogP contribution in [0.5, 0.6) is 0 Å². The van der Waals surface area contributed by atoms with Gasteiger partial charge in [-0.2, -0.15) is 0 Å². The van der Waals surface area contributed by atoms with E-state index in [1.54, 1.807) is 0 Å². The number of nitrogens with zero attached hydrogens (tertiary/aromatic N) is 1. The number of likely N-dealkylation sites (tertiary alicyclic amines) is 1. The molecule has 1 amide bonds. The average molecular weight is 321 g/mol. The highest BCUT2D eigenvalue weighted by Crippen LogP contribution is 2.32. The van der Waals surface area contributed by atoms with Gasteiger partial charge in [-0.3, -0.25) is 4.79 Å². The zero-order chi connectivity index (χ0) is 15.7. The molecule has 22 heavy (non-hydrogen) atoms. The topological polar surface area (TPSA) is 32.3 Å². The Morgan fingerprint density at radius 3 is 2.55 bits per heavy atom. The Bertz CT molecular complexity index is 526. The van der Waals surface area contributed by atoms with Crippen LogP contribution >= 0.6 is 11.6 Å². The van der Waals surface area contributed by atoms with E-state index in [-0.39, 0.29) is 0 Å². The molecular weight excluding hydrogens is 296 g/mol. The van der Waals surface area contributed by atoms with E-state index in [2.05, 4.69) is 36.2 Å². The molecule has 2 aliphatic rings. The summed E-state index contributed by atoms with van der Waals surface area (Å²) in [6.07, 6.45) is 3.23. The fraction of sp³-hybridized carbons (Fsp3) is 0.611. The van der Waals surface area contributed by atoms with E-state index >= 15 is 0 Å². The van der Waals surface area contributed by atoms with Gasteiger partial charge in [0.2, 0.25) is 5.91 Å². The quantitative estimate of drug-likeness (QED) is 0.918. The molecule has 1 aliphatic heterocycles. The molecule has 0 spiro atoms. The van der Waals surface area contributed by atoms with Crippen molar-refractivity contribution in [2.75, 3.05) is 13.1 Å². The minimum absolute atomic E-state index is 0.301. The van der Waals surface area contributed by atoms with Crippen molar-refractivity contribution in [3.05, 3.63) is 34.9 Å². The molecule has 1 aromatic rings. The zero-order valence-electron chi connectivity index (χ0n) is 13.4. The van der Waals surface area contributed by atoms with Crippen LogP contribution in [0.25, 0.3) is 0 Å². The summed E-state index contributed by atoms with van der Waals surface area (Å²) in [5.41, 5.74) is 1.26. The molecule has 0 aromatic heterocycles. The van der Waals surface area contributed by atoms with E-state index in [1.165, 1.54) is 5.56 Å². The van der Waals surface area contributed by atoms with Gasteiger partial charge in [-0.25, -0.2) is 0 Å². The van der Waals surface area contributed by atoms with E-state index in [1.807, 2.05) is 12.1 Å². The fourth-order valence-corrected chi connectivity index (χ4v) is 3.48. The van der Waals surface area contributed by atoms with Crippen molar-refractivity contribution in [1.29, 1.82) is 0 Å². The van der Waals surface area contributed by atoms with Gasteiger partial charge in [-0.1, -0.05) is 30.7 Å². The number of halogens is 1. The number of carbonyl (C=O) groups excluding carboxylic acids is 1. The maximum Gasteiger partial charge on any atom is 0.225 e. The molecule has 3 atom stereocenters. The van der Waals surface area contributed by atoms with Crippen molar-refractivity contribution in [2.45, 2.75) is 45.2 Å². The first-order chi connectivity index (χ1) is 10.5. The number of piperidine rings is 1. The summed E-state index contributed by atoms with van der Waals surface area (Å²) in [6, 6.07) is 8.81. The number of benzene rings is 1. The van der Waals surface area contributed by atoms with Crippen LogP contribution in [-0.4, -0.2) is 29.9 Å². The molecule has 1 aliphatic carbocycles. The molecule has 0 bridgehead atoms. The summed E-state index contributed by atoms with van der Waals surface area (Å²) in [7, 11) is 0. The summed E-state index contributed by atoms with van der Waals surface area (Å²) in [5, 5.41) is 4.50. The zero-order valence-corrected chi connectivity index (χ0v) is 14.1. The van der Waals surface area contributed by atoms with E-state index in [0.717, 1.165) is 37.4 Å². The Labute approximate surface area is 138 Å². The number of rotatable bonds is 4. The van der Waals surface area contributed by atoms with E-state index in [4.69, 9.17) is 11.6 Å². The van der Waals surface area contributed by atoms with Gasteiger partial charge in [-0.15, -0.1) is 0 Å². The maximum atomic E-state index is 12.2. The Hall–Kier alpha value is -1.06. The predicted molar refractivity (Wildman–Crippen MR) is 89.9 cm³/mol. The SMILES string of the molecule is C[C@H](N[C@H]1CCN(C(=O)C2CC2)C[C@H]1C)c1ccc(Cl)cc1. The largest absolute Gasteiger partial charge is 0.342 e. The van der Waals surface area contributed by atoms with Crippen LogP contribution in [0, 0.1) is 11.8 Å². The van der Waals surface area contributed by atoms with Crippen molar-refractivity contribution in [1.82, 2.24) is 10.2 Å². The highest BCUT2D eigenvalue weighted by Gasteiger charge is 2.37. The van der Waals surface area contributed by atoms with Crippen molar-refractivity contribution in [3.63, 3.8) is 0 Å². The second-order valence-corrected chi connectivity index (χ2v) is 7.31. The van der Waals surface area contributed by atoms with Gasteiger partial charge in [0.1, 0.15) is 0 Å². The molecule has 3 nitrogen and oxygen atoms in total. The van der Waals surface area contributed by atoms with Gasteiger partial charge in [-0.05, 0) is 49.8 Å². The van der Waals surface area contributed by atoms with Crippen LogP contribution < -0.4 is 5.32 Å². The molecule has 1 heterocycles. The molecular formula is C18H25ClN2O. The predicted octanol–water partition coefficient (Wildman–Crippen LogP) is 3.64. The molecule has 0 unspecified atom stereocenters. The molecule has 1 saturated carbocycles. The lowest BCUT2D eigenvalue weighted by Gasteiger charge is -2.39. The van der Waals surface area contributed by atoms with Gasteiger partial charge >= 0.3 is 0 Å². The summed E-state index contributed by atoms with van der Waals surface area (Å²) < 4.78 is 0. The molecule has 1 saturated heterocycles. The Kier molecular flexibility index (Phi) is 4.74. The average Bonchev–Trinajstić information content (AvgIpc) is 3.34. The van der Waals surface area contributed by atoms with Gasteiger partial charge in [0.15, 0.2) is 0 Å². The summed E-state index contributed by atoms with van der Waals surface area (Å²) >= 11 is 5.95. The molecule has 1 aromatic carbocycles. The van der Waals surface area contributed by atoms with Crippen molar-refractivity contribution in [3.8, 4) is 0 Å². The lowest BCUT2D eigenvalue weighted by atomic mass is 9.92. The van der Waals surface area contributed by atoms with Crippen molar-refractivity contribution in [2.24, 2.45) is 11.8 Å². The lowest BCUT2D eigenvalue weighted by Crippen LogP contribution is -2.50. The van der Waals surface area contributed by atoms with Crippen LogP contribution in [0.15, 0.2) is 24.3 Å². The molecule has 2 fully saturated rings. The third-order valence-electron chi connectivity index (χ3n) is 4.98. The first-order valence-corrected chi connectivity index (χ1v) is 8.72. The van der Waals surface area contributed by atoms with E-state index < -0.39 is 0 Å². The lowest BCUT2D eigenvalue weighted by molar-refractivity contribution is -0.134. The number of amides is 1. The number of hydrogen-bond donors (Lipinski definition) is 1. The van der Waals surface area contributed by atoms with Crippen LogP contribution in [0.3, 0.4) is 0 Å². The first kappa shape index (κ1) is 15.8. The summed E-state index contributed by atoms with van der Waals surface area (Å²) in [4.78, 5) is 14.3. The maximum absolute atomic E-state index is 12.2. The van der Waals surface area contributed by atoms with E-state index in [0.29, 0.717) is 29.8 Å². The van der Waals surface area contributed by atoms with Crippen LogP contribution in [0.1, 0.15) is 44.7 Å². The minimum Gasteiger partial charge on any atom is -0.342 e. The molecule has 120 valence electrons. The third-order valence-corrected chi connectivity index (χ3v) is 5.23. The van der Waals surface area contributed by atoms with Crippen LogP contribution in [0.4, 0.5) is 0 Å². The van der Waals surface area contributed by atoms with Gasteiger partial charge in [0.05, 0.1) is 0 Å². The second kappa shape index (κ2) is 6.59. The van der Waals surface area contributed by atoms with Crippen LogP contribution in [0.2, 0.25) is 5.02 Å². The highest BCUT2D eigenvalue weighted by molar-refractivity contribution is 6.30. The second-order valence-electron chi connectivity index (χ2n) is 6.87. The smallest absolute Gasteiger partial charge is 0.225 e. The first-order valence-electron chi connectivity index (χ1n) is 8.35. The monoisotopic (exact) mass is 320 g/mol. The van der Waals surface area contributed by atoms with Crippen molar-refractivity contribution < 1.29 is 4.79 Å². The third kappa shape index (κ3) is 3.64. The summed E-state index contributed by atoms with van der Waals surface area (Å²) in [5.74, 6) is 1.21. The standard InChI is InChI=1S/C18H25ClN2O/c1-12-11-21(18(22)15-3-4-15)10-9-17(12)20-13(2)14-5-7-16(19)8-6-14/h5-8,12-13,15,17,20H,3-4,9-11H2,1-2H3/t12-,13+,17+/m1/s1. The van der Waals surface area contributed by atoms with Crippen molar-refractivity contribution >= 4 is 17.5 Å². The van der Waals surface area contributed by atoms with Gasteiger partial charge in [0, 0.05) is 36.1 Å². The number of nitrogens with one attached hydrogen (secondary N) is 1. The Morgan fingerprint density at radius 2 is 1.95 bits per heavy atom. The van der Waals surface area contributed by atoms with Gasteiger partial charge < -0.3 is 10.2 Å².